The fourth-order valence-corrected chi connectivity index (χ4v) is 4.98. The first-order valence-corrected chi connectivity index (χ1v) is 7.23. The summed E-state index contributed by atoms with van der Waals surface area (Å²) in [6.45, 7) is 4.13. The van der Waals surface area contributed by atoms with Crippen LogP contribution in [0.3, 0.4) is 0 Å². The number of ether oxygens (including phenoxy) is 2. The zero-order valence-corrected chi connectivity index (χ0v) is 11.6. The molecule has 1 spiro atoms. The summed E-state index contributed by atoms with van der Waals surface area (Å²) in [5.74, 6) is 0. The summed E-state index contributed by atoms with van der Waals surface area (Å²) in [6.07, 6.45) is 7.27. The third kappa shape index (κ3) is 1.20. The maximum atomic E-state index is 10.1. The molecule has 3 heterocycles. The van der Waals surface area contributed by atoms with Crippen LogP contribution in [0.4, 0.5) is 0 Å². The fourth-order valence-electron chi connectivity index (χ4n) is 4.98. The van der Waals surface area contributed by atoms with Crippen molar-refractivity contribution in [3.63, 3.8) is 0 Å². The zero-order valence-electron chi connectivity index (χ0n) is 11.6. The summed E-state index contributed by atoms with van der Waals surface area (Å²) in [4.78, 5) is 0. The van der Waals surface area contributed by atoms with Gasteiger partial charge in [0.2, 0.25) is 0 Å². The lowest BCUT2D eigenvalue weighted by Gasteiger charge is -2.50. The van der Waals surface area contributed by atoms with Crippen LogP contribution in [-0.4, -0.2) is 40.4 Å². The Bertz CT molecular complexity index is 459. The van der Waals surface area contributed by atoms with Crippen LogP contribution in [0.1, 0.15) is 39.5 Å². The Balaban J connectivity index is 1.83. The Morgan fingerprint density at radius 1 is 1.21 bits per heavy atom. The largest absolute Gasteiger partial charge is 0.393 e. The number of aliphatic hydroxyl groups is 2. The average Bonchev–Trinajstić information content (AvgIpc) is 2.64. The highest BCUT2D eigenvalue weighted by Crippen LogP contribution is 2.72. The van der Waals surface area contributed by atoms with E-state index in [4.69, 9.17) is 9.47 Å². The molecule has 4 heteroatoms. The molecule has 0 unspecified atom stereocenters. The molecule has 106 valence electrons. The molecule has 0 radical (unpaired) electrons. The van der Waals surface area contributed by atoms with E-state index in [9.17, 15) is 10.2 Å². The van der Waals surface area contributed by atoms with E-state index in [-0.39, 0.29) is 29.8 Å². The Kier molecular flexibility index (Phi) is 2.11. The summed E-state index contributed by atoms with van der Waals surface area (Å²) < 4.78 is 12.2. The number of hydrogen-bond acceptors (Lipinski definition) is 4. The minimum absolute atomic E-state index is 0.0614. The van der Waals surface area contributed by atoms with Crippen molar-refractivity contribution >= 4 is 0 Å². The molecular formula is C15H22O4. The van der Waals surface area contributed by atoms with Gasteiger partial charge in [-0.1, -0.05) is 19.1 Å². The molecule has 3 saturated heterocycles. The third-order valence-electron chi connectivity index (χ3n) is 6.34. The van der Waals surface area contributed by atoms with Crippen molar-refractivity contribution in [2.45, 2.75) is 63.1 Å². The standard InChI is InChI=1S/C15H22O4/c1-12(17)3-5-14(6-4-12)11-18-10-7-13(14,2)15(8-10,9-16)19-11/h3,5,10-11,16-17H,4,6-9H2,1-2H3/t10-,11-,12-,13-,14-,15+/m0/s1. The van der Waals surface area contributed by atoms with E-state index < -0.39 is 11.2 Å². The van der Waals surface area contributed by atoms with Gasteiger partial charge in [-0.15, -0.1) is 0 Å². The van der Waals surface area contributed by atoms with Crippen LogP contribution in [0.25, 0.3) is 0 Å². The van der Waals surface area contributed by atoms with Gasteiger partial charge in [0.15, 0.2) is 6.29 Å². The minimum atomic E-state index is -0.728. The molecule has 0 amide bonds. The van der Waals surface area contributed by atoms with Crippen molar-refractivity contribution in [3.05, 3.63) is 12.2 Å². The van der Waals surface area contributed by atoms with E-state index in [0.717, 1.165) is 19.3 Å². The van der Waals surface area contributed by atoms with Gasteiger partial charge in [-0.2, -0.15) is 0 Å². The average molecular weight is 266 g/mol. The predicted octanol–water partition coefficient (Wildman–Crippen LogP) is 1.36. The van der Waals surface area contributed by atoms with E-state index in [1.165, 1.54) is 0 Å². The quantitative estimate of drug-likeness (QED) is 0.704. The highest BCUT2D eigenvalue weighted by Gasteiger charge is 2.77. The molecule has 0 aromatic carbocycles. The lowest BCUT2D eigenvalue weighted by atomic mass is 9.55. The predicted molar refractivity (Wildman–Crippen MR) is 68.3 cm³/mol. The van der Waals surface area contributed by atoms with Crippen LogP contribution in [0.15, 0.2) is 12.2 Å². The lowest BCUT2D eigenvalue weighted by molar-refractivity contribution is -0.261. The molecule has 5 rings (SSSR count). The molecule has 5 aliphatic rings. The van der Waals surface area contributed by atoms with Crippen LogP contribution in [0.2, 0.25) is 0 Å². The van der Waals surface area contributed by atoms with Crippen LogP contribution < -0.4 is 0 Å². The monoisotopic (exact) mass is 266 g/mol. The smallest absolute Gasteiger partial charge is 0.168 e. The van der Waals surface area contributed by atoms with E-state index in [2.05, 4.69) is 13.0 Å². The normalized spacial score (nSPS) is 62.3. The van der Waals surface area contributed by atoms with Crippen LogP contribution >= 0.6 is 0 Å². The van der Waals surface area contributed by atoms with E-state index in [1.54, 1.807) is 0 Å². The minimum Gasteiger partial charge on any atom is -0.393 e. The molecule has 0 aromatic rings. The van der Waals surface area contributed by atoms with Gasteiger partial charge in [0.25, 0.3) is 0 Å². The second kappa shape index (κ2) is 3.25. The first-order chi connectivity index (χ1) is 8.87. The lowest BCUT2D eigenvalue weighted by Crippen LogP contribution is -2.52. The number of hydrogen-bond donors (Lipinski definition) is 2. The summed E-state index contributed by atoms with van der Waals surface area (Å²) in [6, 6.07) is 0. The molecule has 19 heavy (non-hydrogen) atoms. The van der Waals surface area contributed by atoms with Gasteiger partial charge >= 0.3 is 0 Å². The Labute approximate surface area is 113 Å². The number of aliphatic hydroxyl groups excluding tert-OH is 1. The first kappa shape index (κ1) is 12.3. The molecule has 4 bridgehead atoms. The van der Waals surface area contributed by atoms with Crippen molar-refractivity contribution in [2.75, 3.05) is 6.61 Å². The first-order valence-electron chi connectivity index (χ1n) is 7.23. The molecule has 4 nitrogen and oxygen atoms in total. The van der Waals surface area contributed by atoms with Gasteiger partial charge < -0.3 is 19.7 Å². The highest BCUT2D eigenvalue weighted by atomic mass is 16.7. The summed E-state index contributed by atoms with van der Waals surface area (Å²) in [5, 5.41) is 20.0. The van der Waals surface area contributed by atoms with Gasteiger partial charge in [0.1, 0.15) is 5.60 Å². The molecule has 0 aromatic heterocycles. The van der Waals surface area contributed by atoms with Gasteiger partial charge in [-0.05, 0) is 26.2 Å². The summed E-state index contributed by atoms with van der Waals surface area (Å²) in [5.41, 5.74) is -1.46. The number of rotatable bonds is 1. The second-order valence-electron chi connectivity index (χ2n) is 7.33. The van der Waals surface area contributed by atoms with Crippen molar-refractivity contribution in [3.8, 4) is 0 Å². The van der Waals surface area contributed by atoms with E-state index in [1.807, 2.05) is 13.0 Å². The Hall–Kier alpha value is -0.420. The molecule has 2 aliphatic carbocycles. The fraction of sp³-hybridized carbons (Fsp3) is 0.867. The summed E-state index contributed by atoms with van der Waals surface area (Å²) >= 11 is 0. The van der Waals surface area contributed by atoms with E-state index >= 15 is 0 Å². The van der Waals surface area contributed by atoms with Crippen molar-refractivity contribution in [2.24, 2.45) is 10.8 Å². The maximum absolute atomic E-state index is 10.1. The maximum Gasteiger partial charge on any atom is 0.168 e. The van der Waals surface area contributed by atoms with Crippen LogP contribution in [-0.2, 0) is 9.47 Å². The van der Waals surface area contributed by atoms with Gasteiger partial charge in [0, 0.05) is 17.3 Å². The van der Waals surface area contributed by atoms with Crippen LogP contribution in [0.5, 0.6) is 0 Å². The van der Waals surface area contributed by atoms with Crippen molar-refractivity contribution in [1.29, 1.82) is 0 Å². The van der Waals surface area contributed by atoms with Gasteiger partial charge in [-0.25, -0.2) is 0 Å². The molecule has 2 N–H and O–H groups in total. The summed E-state index contributed by atoms with van der Waals surface area (Å²) in [7, 11) is 0. The second-order valence-corrected chi connectivity index (χ2v) is 7.33. The zero-order chi connectivity index (χ0) is 13.5. The molecule has 1 saturated carbocycles. The van der Waals surface area contributed by atoms with Gasteiger partial charge in [-0.3, -0.25) is 0 Å². The SMILES string of the molecule is C[C@@]12C[C@H]3C[C@]1(CO)O[C@H](O3)[C@@]21C=C[C@](C)(O)CC1. The topological polar surface area (TPSA) is 58.9 Å². The Morgan fingerprint density at radius 3 is 2.63 bits per heavy atom. The van der Waals surface area contributed by atoms with E-state index in [0.29, 0.717) is 6.42 Å². The van der Waals surface area contributed by atoms with Crippen molar-refractivity contribution < 1.29 is 19.7 Å². The Morgan fingerprint density at radius 2 is 2.00 bits per heavy atom. The third-order valence-corrected chi connectivity index (χ3v) is 6.34. The van der Waals surface area contributed by atoms with Crippen molar-refractivity contribution in [1.82, 2.24) is 0 Å². The molecular weight excluding hydrogens is 244 g/mol. The molecule has 6 atom stereocenters. The van der Waals surface area contributed by atoms with Gasteiger partial charge in [0.05, 0.1) is 18.3 Å². The molecule has 4 fully saturated rings. The molecule has 3 aliphatic heterocycles. The van der Waals surface area contributed by atoms with Crippen LogP contribution in [0, 0.1) is 10.8 Å². The highest BCUT2D eigenvalue weighted by molar-refractivity contribution is 5.30.